The Labute approximate surface area is 172 Å². The van der Waals surface area contributed by atoms with Gasteiger partial charge in [-0.1, -0.05) is 0 Å². The third-order valence-electron chi connectivity index (χ3n) is 4.68. The van der Waals surface area contributed by atoms with Gasteiger partial charge < -0.3 is 14.5 Å². The van der Waals surface area contributed by atoms with Crippen molar-refractivity contribution in [3.63, 3.8) is 0 Å². The second-order valence-corrected chi connectivity index (χ2v) is 9.19. The fourth-order valence-electron chi connectivity index (χ4n) is 3.31. The highest BCUT2D eigenvalue weighted by molar-refractivity contribution is 7.91. The Hall–Kier alpha value is -3.40. The van der Waals surface area contributed by atoms with Crippen molar-refractivity contribution in [2.45, 2.75) is 19.4 Å². The summed E-state index contributed by atoms with van der Waals surface area (Å²) < 4.78 is 35.7. The van der Waals surface area contributed by atoms with Crippen molar-refractivity contribution in [3.05, 3.63) is 54.3 Å². The van der Waals surface area contributed by atoms with Gasteiger partial charge in [0.05, 0.1) is 23.8 Å². The zero-order chi connectivity index (χ0) is 21.3. The maximum Gasteiger partial charge on any atom is 0.308 e. The second kappa shape index (κ2) is 7.79. The number of rotatable bonds is 5. The quantitative estimate of drug-likeness (QED) is 0.489. The number of sulfone groups is 1. The number of nitrogens with zero attached hydrogens (tertiary/aromatic N) is 2. The van der Waals surface area contributed by atoms with Gasteiger partial charge in [-0.2, -0.15) is 5.10 Å². The van der Waals surface area contributed by atoms with Gasteiger partial charge in [-0.3, -0.25) is 9.59 Å². The molecule has 1 N–H and O–H groups in total. The number of benzene rings is 1. The average molecular weight is 429 g/mol. The normalized spacial score (nSPS) is 17.6. The Morgan fingerprint density at radius 1 is 1.23 bits per heavy atom. The molecule has 1 fully saturated rings. The van der Waals surface area contributed by atoms with Gasteiger partial charge in [-0.25, -0.2) is 13.1 Å². The smallest absolute Gasteiger partial charge is 0.308 e. The van der Waals surface area contributed by atoms with Crippen LogP contribution in [0.2, 0.25) is 0 Å². The first-order valence-electron chi connectivity index (χ1n) is 9.24. The molecule has 3 heterocycles. The van der Waals surface area contributed by atoms with E-state index in [-0.39, 0.29) is 17.5 Å². The van der Waals surface area contributed by atoms with E-state index < -0.39 is 21.7 Å². The highest BCUT2D eigenvalue weighted by Gasteiger charge is 2.32. The molecule has 1 aliphatic rings. The van der Waals surface area contributed by atoms with Crippen LogP contribution in [0.5, 0.6) is 5.75 Å². The van der Waals surface area contributed by atoms with Crippen LogP contribution in [0.3, 0.4) is 0 Å². The summed E-state index contributed by atoms with van der Waals surface area (Å²) in [4.78, 5) is 23.8. The lowest BCUT2D eigenvalue weighted by atomic mass is 10.2. The number of carbonyl (C=O) groups excluding carboxylic acids is 2. The summed E-state index contributed by atoms with van der Waals surface area (Å²) in [5.74, 6) is 0.407. The number of nitrogens with one attached hydrogen (secondary N) is 1. The van der Waals surface area contributed by atoms with Crippen LogP contribution in [0.4, 0.5) is 5.82 Å². The molecule has 0 bridgehead atoms. The van der Waals surface area contributed by atoms with Crippen molar-refractivity contribution >= 4 is 27.5 Å². The van der Waals surface area contributed by atoms with Gasteiger partial charge >= 0.3 is 5.97 Å². The molecule has 1 atom stereocenters. The Kier molecular flexibility index (Phi) is 5.17. The topological polar surface area (TPSA) is 120 Å². The van der Waals surface area contributed by atoms with Gasteiger partial charge in [0.25, 0.3) is 5.91 Å². The second-order valence-electron chi connectivity index (χ2n) is 6.97. The molecule has 1 aliphatic heterocycles. The molecule has 2 aromatic heterocycles. The van der Waals surface area contributed by atoms with Crippen LogP contribution in [0.1, 0.15) is 29.7 Å². The molecule has 1 amide bonds. The van der Waals surface area contributed by atoms with E-state index >= 15 is 0 Å². The molecule has 1 saturated heterocycles. The monoisotopic (exact) mass is 429 g/mol. The van der Waals surface area contributed by atoms with Crippen molar-refractivity contribution in [1.29, 1.82) is 0 Å². The molecule has 1 aromatic carbocycles. The number of hydrogen-bond acceptors (Lipinski definition) is 7. The van der Waals surface area contributed by atoms with Crippen molar-refractivity contribution in [2.24, 2.45) is 0 Å². The minimum Gasteiger partial charge on any atom is -0.463 e. The summed E-state index contributed by atoms with van der Waals surface area (Å²) in [6, 6.07) is 10.8. The number of aromatic nitrogens is 2. The molecule has 0 aliphatic carbocycles. The predicted octanol–water partition coefficient (Wildman–Crippen LogP) is 2.68. The summed E-state index contributed by atoms with van der Waals surface area (Å²) in [6.45, 7) is 1.29. The van der Waals surface area contributed by atoms with Crippen LogP contribution in [0.15, 0.2) is 53.1 Å². The third kappa shape index (κ3) is 4.28. The summed E-state index contributed by atoms with van der Waals surface area (Å²) in [5.41, 5.74) is 0.835. The van der Waals surface area contributed by atoms with Crippen LogP contribution in [0, 0.1) is 0 Å². The molecule has 0 saturated carbocycles. The lowest BCUT2D eigenvalue weighted by Gasteiger charge is -2.14. The molecule has 10 heteroatoms. The number of anilines is 1. The van der Waals surface area contributed by atoms with Gasteiger partial charge in [-0.15, -0.1) is 0 Å². The van der Waals surface area contributed by atoms with E-state index in [0.29, 0.717) is 35.0 Å². The number of furan rings is 1. The van der Waals surface area contributed by atoms with Crippen molar-refractivity contribution in [1.82, 2.24) is 9.78 Å². The van der Waals surface area contributed by atoms with Crippen molar-refractivity contribution in [3.8, 4) is 17.2 Å². The molecule has 4 rings (SSSR count). The molecule has 9 nitrogen and oxygen atoms in total. The van der Waals surface area contributed by atoms with Gasteiger partial charge in [0.15, 0.2) is 15.6 Å². The molecule has 30 heavy (non-hydrogen) atoms. The minimum absolute atomic E-state index is 0.0355. The van der Waals surface area contributed by atoms with Crippen molar-refractivity contribution in [2.75, 3.05) is 16.8 Å². The lowest BCUT2D eigenvalue weighted by molar-refractivity contribution is -0.131. The third-order valence-corrected chi connectivity index (χ3v) is 6.43. The number of amides is 1. The van der Waals surface area contributed by atoms with Crippen molar-refractivity contribution < 1.29 is 27.2 Å². The standard InChI is InChI=1S/C20H19N3O6S/c1-13(24)29-16-6-4-14(5-7-16)20(25)21-19-11-17(18-3-2-9-28-18)22-23(19)15-8-10-30(26,27)12-15/h2-7,9,11,15H,8,10,12H2,1H3,(H,21,25). The van der Waals surface area contributed by atoms with E-state index in [1.165, 1.54) is 42.1 Å². The lowest BCUT2D eigenvalue weighted by Crippen LogP contribution is -2.19. The molecular formula is C20H19N3O6S. The van der Waals surface area contributed by atoms with E-state index in [1.807, 2.05) is 0 Å². The van der Waals surface area contributed by atoms with E-state index in [2.05, 4.69) is 10.4 Å². The summed E-state index contributed by atoms with van der Waals surface area (Å²) >= 11 is 0. The average Bonchev–Trinajstić information content (AvgIpc) is 3.41. The summed E-state index contributed by atoms with van der Waals surface area (Å²) in [5, 5.41) is 7.27. The highest BCUT2D eigenvalue weighted by atomic mass is 32.2. The van der Waals surface area contributed by atoms with Crippen LogP contribution >= 0.6 is 0 Å². The molecule has 0 radical (unpaired) electrons. The Morgan fingerprint density at radius 3 is 2.60 bits per heavy atom. The van der Waals surface area contributed by atoms with Gasteiger partial charge in [0, 0.05) is 18.6 Å². The van der Waals surface area contributed by atoms with E-state index in [0.717, 1.165) is 0 Å². The van der Waals surface area contributed by atoms with Crippen LogP contribution in [-0.2, 0) is 14.6 Å². The number of hydrogen-bond donors (Lipinski definition) is 1. The van der Waals surface area contributed by atoms with E-state index in [4.69, 9.17) is 9.15 Å². The van der Waals surface area contributed by atoms with Crippen LogP contribution in [-0.4, -0.2) is 41.6 Å². The van der Waals surface area contributed by atoms with E-state index in [1.54, 1.807) is 18.2 Å². The first-order valence-corrected chi connectivity index (χ1v) is 11.1. The van der Waals surface area contributed by atoms with Gasteiger partial charge in [-0.05, 0) is 42.8 Å². The first kappa shape index (κ1) is 19.9. The molecule has 0 spiro atoms. The van der Waals surface area contributed by atoms with Crippen LogP contribution in [0.25, 0.3) is 11.5 Å². The minimum atomic E-state index is -3.14. The molecular weight excluding hydrogens is 410 g/mol. The molecule has 156 valence electrons. The molecule has 3 aromatic rings. The van der Waals surface area contributed by atoms with Gasteiger partial charge in [0.1, 0.15) is 17.3 Å². The number of carbonyl (C=O) groups is 2. The maximum atomic E-state index is 12.7. The zero-order valence-corrected chi connectivity index (χ0v) is 16.9. The van der Waals surface area contributed by atoms with E-state index in [9.17, 15) is 18.0 Å². The fourth-order valence-corrected chi connectivity index (χ4v) is 5.00. The number of ether oxygens (including phenoxy) is 1. The number of esters is 1. The Morgan fingerprint density at radius 2 is 2.00 bits per heavy atom. The highest BCUT2D eigenvalue weighted by Crippen LogP contribution is 2.30. The maximum absolute atomic E-state index is 12.7. The first-order chi connectivity index (χ1) is 14.3. The largest absolute Gasteiger partial charge is 0.463 e. The van der Waals surface area contributed by atoms with Gasteiger partial charge in [0.2, 0.25) is 0 Å². The summed E-state index contributed by atoms with van der Waals surface area (Å²) in [6.07, 6.45) is 1.93. The Bertz CT molecular complexity index is 1180. The SMILES string of the molecule is CC(=O)Oc1ccc(C(=O)Nc2cc(-c3ccco3)nn2C2CCS(=O)(=O)C2)cc1. The zero-order valence-electron chi connectivity index (χ0n) is 16.1. The summed E-state index contributed by atoms with van der Waals surface area (Å²) in [7, 11) is -3.14. The van der Waals surface area contributed by atoms with Crippen LogP contribution < -0.4 is 10.1 Å². The fraction of sp³-hybridized carbons (Fsp3) is 0.250. The molecule has 1 unspecified atom stereocenters. The predicted molar refractivity (Wildman–Crippen MR) is 108 cm³/mol. The Balaban J connectivity index is 1.60.